The van der Waals surface area contributed by atoms with Gasteiger partial charge in [0.2, 0.25) is 5.78 Å². The summed E-state index contributed by atoms with van der Waals surface area (Å²) in [7, 11) is -6.20. The molecule has 0 aliphatic heterocycles. The Morgan fingerprint density at radius 3 is 2.19 bits per heavy atom. The Hall–Kier alpha value is -1.74. The quantitative estimate of drug-likeness (QED) is 0.157. The van der Waals surface area contributed by atoms with Crippen LogP contribution in [0.4, 0.5) is 0 Å². The van der Waals surface area contributed by atoms with Crippen molar-refractivity contribution in [2.45, 2.75) is 71.1 Å². The highest BCUT2D eigenvalue weighted by molar-refractivity contribution is 7.95. The number of rotatable bonds is 14. The van der Waals surface area contributed by atoms with E-state index < -0.39 is 31.4 Å². The first kappa shape index (κ1) is 28.3. The third-order valence-electron chi connectivity index (χ3n) is 5.36. The molecular formula is C23H36O7S2. The summed E-state index contributed by atoms with van der Waals surface area (Å²) in [5.74, 6) is -1.75. The molecule has 0 fully saturated rings. The molecule has 0 aromatic heterocycles. The van der Waals surface area contributed by atoms with E-state index in [1.54, 1.807) is 6.08 Å². The van der Waals surface area contributed by atoms with Gasteiger partial charge in [-0.3, -0.25) is 9.59 Å². The second kappa shape index (κ2) is 13.1. The molecule has 1 aliphatic rings. The van der Waals surface area contributed by atoms with Crippen molar-refractivity contribution in [2.75, 3.05) is 19.6 Å². The maximum Gasteiger partial charge on any atom is 0.305 e. The van der Waals surface area contributed by atoms with Gasteiger partial charge in [0.15, 0.2) is 19.7 Å². The number of Topliss-reactive ketones (excluding diaryl/α,β-unsaturated/α-hetero) is 1. The van der Waals surface area contributed by atoms with E-state index in [0.717, 1.165) is 44.6 Å². The van der Waals surface area contributed by atoms with Gasteiger partial charge in [0.25, 0.3) is 0 Å². The van der Waals surface area contributed by atoms with E-state index in [4.69, 9.17) is 0 Å². The number of carbonyl (C=O) groups is 2. The first-order valence-electron chi connectivity index (χ1n) is 11.1. The standard InChI is InChI=1S/C23H36O7S2/c1-5-6-7-8-9-11-14-18-17-20(32(4,28)29)23(25)22(18)19(31(3,26)27)15-12-10-13-16-21(24)30-2/h11,14,17-18H,5-10,12-13,15-16H2,1-4H3/b14-11+,22-19+. The number of ether oxygens (including phenoxy) is 1. The number of carbonyl (C=O) groups excluding carboxylic acids is 2. The van der Waals surface area contributed by atoms with Crippen LogP contribution in [0.25, 0.3) is 0 Å². The van der Waals surface area contributed by atoms with Gasteiger partial charge in [0, 0.05) is 30.4 Å². The number of hydrogen-bond acceptors (Lipinski definition) is 7. The van der Waals surface area contributed by atoms with Crippen LogP contribution in [0.3, 0.4) is 0 Å². The summed E-state index contributed by atoms with van der Waals surface area (Å²) in [6.07, 6.45) is 14.0. The van der Waals surface area contributed by atoms with Crippen molar-refractivity contribution in [1.82, 2.24) is 0 Å². The highest BCUT2D eigenvalue weighted by Crippen LogP contribution is 2.36. The predicted molar refractivity (Wildman–Crippen MR) is 126 cm³/mol. The summed E-state index contributed by atoms with van der Waals surface area (Å²) < 4.78 is 53.9. The molecule has 182 valence electrons. The monoisotopic (exact) mass is 488 g/mol. The van der Waals surface area contributed by atoms with Crippen LogP contribution in [0.15, 0.2) is 33.6 Å². The van der Waals surface area contributed by atoms with E-state index in [-0.39, 0.29) is 34.2 Å². The zero-order valence-electron chi connectivity index (χ0n) is 19.6. The molecule has 0 aromatic carbocycles. The lowest BCUT2D eigenvalue weighted by Crippen LogP contribution is -2.16. The number of methoxy groups -OCH3 is 1. The van der Waals surface area contributed by atoms with E-state index >= 15 is 0 Å². The number of unbranched alkanes of at least 4 members (excludes halogenated alkanes) is 6. The largest absolute Gasteiger partial charge is 0.469 e. The Morgan fingerprint density at radius 2 is 1.62 bits per heavy atom. The highest BCUT2D eigenvalue weighted by atomic mass is 32.2. The molecule has 7 nitrogen and oxygen atoms in total. The third-order valence-corrected chi connectivity index (χ3v) is 7.80. The molecule has 0 N–H and O–H groups in total. The third kappa shape index (κ3) is 9.02. The predicted octanol–water partition coefficient (Wildman–Crippen LogP) is 4.06. The molecule has 1 rings (SSSR count). The van der Waals surface area contributed by atoms with Gasteiger partial charge < -0.3 is 4.74 Å². The first-order chi connectivity index (χ1) is 14.9. The summed E-state index contributed by atoms with van der Waals surface area (Å²) in [5.41, 5.74) is 0.0331. The molecule has 32 heavy (non-hydrogen) atoms. The maximum absolute atomic E-state index is 13.0. The minimum Gasteiger partial charge on any atom is -0.469 e. The van der Waals surface area contributed by atoms with E-state index in [1.165, 1.54) is 13.2 Å². The van der Waals surface area contributed by atoms with E-state index in [2.05, 4.69) is 11.7 Å². The number of allylic oxidation sites excluding steroid dienone is 6. The Bertz CT molecular complexity index is 968. The Morgan fingerprint density at radius 1 is 1.00 bits per heavy atom. The number of sulfone groups is 2. The van der Waals surface area contributed by atoms with Gasteiger partial charge >= 0.3 is 5.97 Å². The normalized spacial score (nSPS) is 18.8. The lowest BCUT2D eigenvalue weighted by Gasteiger charge is -2.13. The molecule has 1 atom stereocenters. The van der Waals surface area contributed by atoms with Crippen LogP contribution in [-0.2, 0) is 34.0 Å². The van der Waals surface area contributed by atoms with E-state index in [1.807, 2.05) is 6.08 Å². The molecule has 0 aromatic rings. The lowest BCUT2D eigenvalue weighted by atomic mass is 9.98. The van der Waals surface area contributed by atoms with Crippen molar-refractivity contribution in [3.8, 4) is 0 Å². The summed E-state index contributed by atoms with van der Waals surface area (Å²) in [6.45, 7) is 2.12. The smallest absolute Gasteiger partial charge is 0.305 e. The Labute approximate surface area is 192 Å². The van der Waals surface area contributed by atoms with Crippen LogP contribution in [0.5, 0.6) is 0 Å². The number of ketones is 1. The molecule has 0 radical (unpaired) electrons. The van der Waals surface area contributed by atoms with Gasteiger partial charge in [-0.2, -0.15) is 0 Å². The van der Waals surface area contributed by atoms with Gasteiger partial charge in [-0.25, -0.2) is 16.8 Å². The first-order valence-corrected chi connectivity index (χ1v) is 14.8. The number of hydrogen-bond donors (Lipinski definition) is 0. The summed E-state index contributed by atoms with van der Waals surface area (Å²) in [6, 6.07) is 0. The molecule has 9 heteroatoms. The van der Waals surface area contributed by atoms with Crippen molar-refractivity contribution in [3.63, 3.8) is 0 Å². The molecular weight excluding hydrogens is 452 g/mol. The maximum atomic E-state index is 13.0. The zero-order valence-corrected chi connectivity index (χ0v) is 21.2. The molecule has 0 spiro atoms. The summed E-state index contributed by atoms with van der Waals surface area (Å²) in [4.78, 5) is 23.8. The van der Waals surface area contributed by atoms with Crippen LogP contribution in [-0.4, -0.2) is 48.2 Å². The molecule has 1 aliphatic carbocycles. The van der Waals surface area contributed by atoms with Gasteiger partial charge in [0.1, 0.15) is 4.91 Å². The minimum atomic E-state index is -3.78. The molecule has 0 heterocycles. The Kier molecular flexibility index (Phi) is 11.6. The Balaban J connectivity index is 3.15. The van der Waals surface area contributed by atoms with Crippen molar-refractivity contribution in [3.05, 3.63) is 33.6 Å². The highest BCUT2D eigenvalue weighted by Gasteiger charge is 2.37. The van der Waals surface area contributed by atoms with Crippen LogP contribution >= 0.6 is 0 Å². The second-order valence-electron chi connectivity index (χ2n) is 8.18. The summed E-state index contributed by atoms with van der Waals surface area (Å²) >= 11 is 0. The fourth-order valence-corrected chi connectivity index (χ4v) is 5.63. The minimum absolute atomic E-state index is 0.0175. The topological polar surface area (TPSA) is 112 Å². The van der Waals surface area contributed by atoms with Gasteiger partial charge in [-0.05, 0) is 32.1 Å². The van der Waals surface area contributed by atoms with Crippen molar-refractivity contribution < 1.29 is 31.2 Å². The molecule has 0 saturated heterocycles. The van der Waals surface area contributed by atoms with E-state index in [9.17, 15) is 26.4 Å². The fraction of sp³-hybridized carbons (Fsp3) is 0.652. The van der Waals surface area contributed by atoms with Crippen LogP contribution in [0.1, 0.15) is 71.1 Å². The average Bonchev–Trinajstić information content (AvgIpc) is 3.02. The molecule has 1 unspecified atom stereocenters. The zero-order chi connectivity index (χ0) is 24.4. The summed E-state index contributed by atoms with van der Waals surface area (Å²) in [5, 5.41) is 0. The average molecular weight is 489 g/mol. The molecule has 0 bridgehead atoms. The fourth-order valence-electron chi connectivity index (χ4n) is 3.65. The van der Waals surface area contributed by atoms with Crippen LogP contribution < -0.4 is 0 Å². The lowest BCUT2D eigenvalue weighted by molar-refractivity contribution is -0.140. The van der Waals surface area contributed by atoms with Gasteiger partial charge in [-0.1, -0.05) is 50.8 Å². The second-order valence-corrected chi connectivity index (χ2v) is 12.2. The van der Waals surface area contributed by atoms with Crippen molar-refractivity contribution >= 4 is 31.4 Å². The molecule has 0 saturated carbocycles. The molecule has 0 amide bonds. The van der Waals surface area contributed by atoms with Crippen molar-refractivity contribution in [1.29, 1.82) is 0 Å². The van der Waals surface area contributed by atoms with Crippen LogP contribution in [0.2, 0.25) is 0 Å². The van der Waals surface area contributed by atoms with Gasteiger partial charge in [0.05, 0.1) is 12.0 Å². The number of esters is 1. The SMILES string of the molecule is CCCCCC/C=C/C1C=C(S(C)(=O)=O)C(=O)/C1=C(\CCCCCC(=O)OC)S(C)(=O)=O. The van der Waals surface area contributed by atoms with Gasteiger partial charge in [-0.15, -0.1) is 0 Å². The van der Waals surface area contributed by atoms with Crippen molar-refractivity contribution in [2.24, 2.45) is 5.92 Å². The van der Waals surface area contributed by atoms with E-state index in [0.29, 0.717) is 19.3 Å². The van der Waals surface area contributed by atoms with Crippen LogP contribution in [0, 0.1) is 5.92 Å².